The zero-order valence-corrected chi connectivity index (χ0v) is 22.1. The smallest absolute Gasteiger partial charge is 0.267 e. The molecule has 0 spiro atoms. The molecular weight excluding hydrogens is 576 g/mol. The first kappa shape index (κ1) is 24.3. The molecule has 0 bridgehead atoms. The van der Waals surface area contributed by atoms with E-state index in [0.717, 1.165) is 25.6 Å². The Labute approximate surface area is 220 Å². The van der Waals surface area contributed by atoms with Gasteiger partial charge in [-0.1, -0.05) is 66.6 Å². The zero-order chi connectivity index (χ0) is 23.9. The minimum absolute atomic E-state index is 0.0689. The normalized spacial score (nSPS) is 15.7. The van der Waals surface area contributed by atoms with Crippen LogP contribution in [0.4, 0.5) is 0 Å². The van der Waals surface area contributed by atoms with Crippen molar-refractivity contribution in [1.29, 1.82) is 0 Å². The number of terminal acetylenes is 1. The highest BCUT2D eigenvalue weighted by molar-refractivity contribution is 9.11. The van der Waals surface area contributed by atoms with Gasteiger partial charge in [-0.2, -0.15) is 0 Å². The maximum absolute atomic E-state index is 13.4. The number of ether oxygens (including phenoxy) is 1. The summed E-state index contributed by atoms with van der Waals surface area (Å²) < 4.78 is 7.08. The van der Waals surface area contributed by atoms with Gasteiger partial charge in [-0.25, -0.2) is 0 Å². The van der Waals surface area contributed by atoms with Crippen molar-refractivity contribution in [1.82, 2.24) is 4.90 Å². The topological polar surface area (TPSA) is 41.9 Å². The first-order chi connectivity index (χ1) is 16.5. The third kappa shape index (κ3) is 6.01. The zero-order valence-electron chi connectivity index (χ0n) is 18.1. The number of aliphatic imine (C=N–C) groups is 1. The first-order valence-electron chi connectivity index (χ1n) is 10.4. The summed E-state index contributed by atoms with van der Waals surface area (Å²) in [6, 6.07) is 23.7. The van der Waals surface area contributed by atoms with E-state index in [9.17, 15) is 4.79 Å². The third-order valence-electron chi connectivity index (χ3n) is 4.93. The minimum Gasteiger partial charge on any atom is -0.479 e. The highest BCUT2D eigenvalue weighted by Gasteiger charge is 2.33. The Kier molecular flexibility index (Phi) is 8.28. The Morgan fingerprint density at radius 3 is 2.24 bits per heavy atom. The van der Waals surface area contributed by atoms with E-state index >= 15 is 0 Å². The van der Waals surface area contributed by atoms with Crippen molar-refractivity contribution in [3.05, 3.63) is 103 Å². The number of amidine groups is 1. The van der Waals surface area contributed by atoms with E-state index in [0.29, 0.717) is 28.9 Å². The predicted octanol–water partition coefficient (Wildman–Crippen LogP) is 6.90. The summed E-state index contributed by atoms with van der Waals surface area (Å²) >= 11 is 8.45. The van der Waals surface area contributed by atoms with E-state index in [1.165, 1.54) is 11.8 Å². The van der Waals surface area contributed by atoms with Crippen molar-refractivity contribution >= 4 is 60.8 Å². The molecule has 7 heteroatoms. The maximum Gasteiger partial charge on any atom is 0.267 e. The average Bonchev–Trinajstić information content (AvgIpc) is 3.12. The van der Waals surface area contributed by atoms with Crippen LogP contribution in [0.2, 0.25) is 0 Å². The molecule has 4 nitrogen and oxygen atoms in total. The molecule has 0 saturated carbocycles. The van der Waals surface area contributed by atoms with E-state index in [-0.39, 0.29) is 12.5 Å². The molecule has 170 valence electrons. The van der Waals surface area contributed by atoms with Gasteiger partial charge in [-0.05, 0) is 78.5 Å². The Morgan fingerprint density at radius 2 is 1.62 bits per heavy atom. The summed E-state index contributed by atoms with van der Waals surface area (Å²) in [5.74, 6) is 3.02. The summed E-state index contributed by atoms with van der Waals surface area (Å²) in [7, 11) is 0. The van der Waals surface area contributed by atoms with Crippen molar-refractivity contribution in [3.63, 3.8) is 0 Å². The second-order valence-corrected chi connectivity index (χ2v) is 10.1. The standard InChI is InChI=1S/C27H20Br2N2O2S/c1-2-13-33-25-22(28)14-21(15-23(25)29)16-24-26(32)31(18-20-11-7-4-8-12-20)27(34-24)30-17-19-9-5-3-6-10-19/h1,3-12,14-16H,13,17-18H2/b24-16+,30-27?. The quantitative estimate of drug-likeness (QED) is 0.220. The Bertz CT molecular complexity index is 1260. The molecule has 3 aromatic carbocycles. The number of thioether (sulfide) groups is 1. The van der Waals surface area contributed by atoms with Gasteiger partial charge in [-0.3, -0.25) is 14.7 Å². The number of halogens is 2. The van der Waals surface area contributed by atoms with Gasteiger partial charge in [0.25, 0.3) is 5.91 Å². The van der Waals surface area contributed by atoms with Gasteiger partial charge in [-0.15, -0.1) is 6.42 Å². The number of carbonyl (C=O) groups excluding carboxylic acids is 1. The molecule has 1 aliphatic heterocycles. The summed E-state index contributed by atoms with van der Waals surface area (Å²) in [4.78, 5) is 20.5. The fraction of sp³-hybridized carbons (Fsp3) is 0.111. The van der Waals surface area contributed by atoms with Crippen molar-refractivity contribution in [2.75, 3.05) is 6.61 Å². The lowest BCUT2D eigenvalue weighted by Gasteiger charge is -2.15. The highest BCUT2D eigenvalue weighted by atomic mass is 79.9. The van der Waals surface area contributed by atoms with Gasteiger partial charge < -0.3 is 4.74 Å². The van der Waals surface area contributed by atoms with Crippen LogP contribution in [-0.4, -0.2) is 22.6 Å². The fourth-order valence-electron chi connectivity index (χ4n) is 3.34. The van der Waals surface area contributed by atoms with Crippen LogP contribution in [-0.2, 0) is 17.9 Å². The fourth-order valence-corrected chi connectivity index (χ4v) is 5.77. The maximum atomic E-state index is 13.4. The molecule has 1 fully saturated rings. The van der Waals surface area contributed by atoms with Crippen molar-refractivity contribution < 1.29 is 9.53 Å². The van der Waals surface area contributed by atoms with E-state index in [2.05, 4.69) is 37.8 Å². The van der Waals surface area contributed by atoms with Crippen LogP contribution in [0.5, 0.6) is 5.75 Å². The molecule has 0 aliphatic carbocycles. The highest BCUT2D eigenvalue weighted by Crippen LogP contribution is 2.38. The van der Waals surface area contributed by atoms with E-state index in [1.54, 1.807) is 4.90 Å². The van der Waals surface area contributed by atoms with Crippen molar-refractivity contribution in [2.24, 2.45) is 4.99 Å². The largest absolute Gasteiger partial charge is 0.479 e. The molecule has 3 aromatic rings. The van der Waals surface area contributed by atoms with Crippen LogP contribution in [0.15, 0.2) is 91.6 Å². The van der Waals surface area contributed by atoms with Gasteiger partial charge in [0.2, 0.25) is 0 Å². The molecule has 0 radical (unpaired) electrons. The van der Waals surface area contributed by atoms with Crippen LogP contribution >= 0.6 is 43.6 Å². The van der Waals surface area contributed by atoms with Crippen LogP contribution in [0.1, 0.15) is 16.7 Å². The van der Waals surface area contributed by atoms with Crippen molar-refractivity contribution in [2.45, 2.75) is 13.1 Å². The predicted molar refractivity (Wildman–Crippen MR) is 146 cm³/mol. The molecule has 0 atom stereocenters. The number of carbonyl (C=O) groups is 1. The van der Waals surface area contributed by atoms with E-state index < -0.39 is 0 Å². The number of rotatable bonds is 7. The molecule has 1 saturated heterocycles. The Hall–Kier alpha value is -2.79. The van der Waals surface area contributed by atoms with E-state index in [1.807, 2.05) is 78.9 Å². The average molecular weight is 596 g/mol. The molecule has 0 aromatic heterocycles. The van der Waals surface area contributed by atoms with E-state index in [4.69, 9.17) is 16.2 Å². The molecule has 0 N–H and O–H groups in total. The molecule has 4 rings (SSSR count). The number of hydrogen-bond acceptors (Lipinski definition) is 4. The summed E-state index contributed by atoms with van der Waals surface area (Å²) in [6.07, 6.45) is 7.17. The summed E-state index contributed by atoms with van der Waals surface area (Å²) in [5.41, 5.74) is 2.99. The second-order valence-electron chi connectivity index (χ2n) is 7.38. The lowest BCUT2D eigenvalue weighted by molar-refractivity contribution is -0.122. The number of nitrogens with zero attached hydrogens (tertiary/aromatic N) is 2. The van der Waals surface area contributed by atoms with Crippen molar-refractivity contribution in [3.8, 4) is 18.1 Å². The second kappa shape index (κ2) is 11.6. The summed E-state index contributed by atoms with van der Waals surface area (Å²) in [5, 5.41) is 0.691. The number of hydrogen-bond donors (Lipinski definition) is 0. The summed E-state index contributed by atoms with van der Waals surface area (Å²) in [6.45, 7) is 1.14. The van der Waals surface area contributed by atoms with Gasteiger partial charge >= 0.3 is 0 Å². The molecular formula is C27H20Br2N2O2S. The first-order valence-corrected chi connectivity index (χ1v) is 12.8. The lowest BCUT2D eigenvalue weighted by Crippen LogP contribution is -2.28. The SMILES string of the molecule is C#CCOc1c(Br)cc(/C=C2/SC(=NCc3ccccc3)N(Cc3ccccc3)C2=O)cc1Br. The van der Waals surface area contributed by atoms with Gasteiger partial charge in [0.1, 0.15) is 12.4 Å². The van der Waals surface area contributed by atoms with Crippen LogP contribution in [0.3, 0.4) is 0 Å². The molecule has 1 amide bonds. The van der Waals surface area contributed by atoms with Gasteiger partial charge in [0.15, 0.2) is 5.17 Å². The Balaban J connectivity index is 1.64. The molecule has 0 unspecified atom stereocenters. The Morgan fingerprint density at radius 1 is 1.00 bits per heavy atom. The van der Waals surface area contributed by atoms with Crippen LogP contribution < -0.4 is 4.74 Å². The molecule has 1 aliphatic rings. The molecule has 34 heavy (non-hydrogen) atoms. The number of benzene rings is 3. The molecule has 1 heterocycles. The minimum atomic E-state index is -0.0689. The van der Waals surface area contributed by atoms with Crippen LogP contribution in [0.25, 0.3) is 6.08 Å². The lowest BCUT2D eigenvalue weighted by atomic mass is 10.2. The van der Waals surface area contributed by atoms with Gasteiger partial charge in [0.05, 0.1) is 26.9 Å². The monoisotopic (exact) mass is 594 g/mol. The number of amides is 1. The third-order valence-corrected chi connectivity index (χ3v) is 7.15. The van der Waals surface area contributed by atoms with Gasteiger partial charge in [0, 0.05) is 0 Å². The van der Waals surface area contributed by atoms with Crippen LogP contribution in [0, 0.1) is 12.3 Å².